The summed E-state index contributed by atoms with van der Waals surface area (Å²) in [4.78, 5) is 36.1. The van der Waals surface area contributed by atoms with Gasteiger partial charge in [-0.25, -0.2) is 4.79 Å². The molecule has 2 aromatic carbocycles. The summed E-state index contributed by atoms with van der Waals surface area (Å²) < 4.78 is 10.9. The minimum Gasteiger partial charge on any atom is -0.456 e. The van der Waals surface area contributed by atoms with Crippen molar-refractivity contribution < 1.29 is 23.9 Å². The lowest BCUT2D eigenvalue weighted by Crippen LogP contribution is -2.30. The number of benzene rings is 2. The van der Waals surface area contributed by atoms with Crippen molar-refractivity contribution in [1.82, 2.24) is 10.2 Å². The van der Waals surface area contributed by atoms with E-state index in [1.54, 1.807) is 24.1 Å². The van der Waals surface area contributed by atoms with Crippen molar-refractivity contribution >= 4 is 40.6 Å². The number of imide groups is 1. The van der Waals surface area contributed by atoms with Gasteiger partial charge in [0.25, 0.3) is 5.24 Å². The highest BCUT2D eigenvalue weighted by Gasteiger charge is 2.31. The van der Waals surface area contributed by atoms with Crippen LogP contribution in [0.5, 0.6) is 11.5 Å². The van der Waals surface area contributed by atoms with Gasteiger partial charge < -0.3 is 14.4 Å². The topological polar surface area (TPSA) is 84.9 Å². The maximum absolute atomic E-state index is 11.7. The second kappa shape index (κ2) is 8.57. The summed E-state index contributed by atoms with van der Waals surface area (Å²) in [6.07, 6.45) is 0.822. The maximum Gasteiger partial charge on any atom is 0.409 e. The van der Waals surface area contributed by atoms with Crippen LogP contribution < -0.4 is 10.1 Å². The van der Waals surface area contributed by atoms with Gasteiger partial charge in [0.05, 0.1) is 16.3 Å². The van der Waals surface area contributed by atoms with Gasteiger partial charge in [0.2, 0.25) is 5.91 Å². The fraction of sp³-hybridized carbons (Fsp3) is 0.286. The third-order valence-corrected chi connectivity index (χ3v) is 6.32. The number of nitrogens with zero attached hydrogens (tertiary/aromatic N) is 1. The number of hydrogen-bond acceptors (Lipinski definition) is 6. The molecule has 9 heteroatoms. The predicted molar refractivity (Wildman–Crippen MR) is 113 cm³/mol. The molecule has 0 spiro atoms. The molecule has 0 radical (unpaired) electrons. The van der Waals surface area contributed by atoms with Crippen molar-refractivity contribution in [1.29, 1.82) is 0 Å². The van der Waals surface area contributed by atoms with E-state index in [0.29, 0.717) is 36.0 Å². The largest absolute Gasteiger partial charge is 0.456 e. The van der Waals surface area contributed by atoms with Crippen LogP contribution >= 0.6 is 23.4 Å². The van der Waals surface area contributed by atoms with Gasteiger partial charge in [-0.05, 0) is 48.2 Å². The summed E-state index contributed by atoms with van der Waals surface area (Å²) in [6, 6.07) is 12.9. The van der Waals surface area contributed by atoms with Gasteiger partial charge in [0.1, 0.15) is 18.1 Å². The Kier molecular flexibility index (Phi) is 5.87. The number of nitrogens with one attached hydrogen (secondary N) is 1. The molecule has 0 aromatic heterocycles. The Bertz CT molecular complexity index is 997. The molecular weight excluding hydrogens is 428 g/mol. The van der Waals surface area contributed by atoms with Gasteiger partial charge in [-0.3, -0.25) is 14.9 Å². The van der Waals surface area contributed by atoms with Crippen LogP contribution in [0, 0.1) is 0 Å². The molecule has 4 rings (SSSR count). The van der Waals surface area contributed by atoms with Crippen molar-refractivity contribution in [3.63, 3.8) is 0 Å². The van der Waals surface area contributed by atoms with E-state index in [-0.39, 0.29) is 23.3 Å². The lowest BCUT2D eigenvalue weighted by molar-refractivity contribution is -0.118. The fourth-order valence-electron chi connectivity index (χ4n) is 3.31. The number of ether oxygens (including phenoxy) is 2. The van der Waals surface area contributed by atoms with Gasteiger partial charge in [0, 0.05) is 7.05 Å². The number of carbonyl (C=O) groups is 3. The zero-order valence-corrected chi connectivity index (χ0v) is 17.7. The Morgan fingerprint density at radius 3 is 2.47 bits per heavy atom. The van der Waals surface area contributed by atoms with Crippen LogP contribution in [0.25, 0.3) is 0 Å². The molecule has 30 heavy (non-hydrogen) atoms. The summed E-state index contributed by atoms with van der Waals surface area (Å²) in [5, 5.41) is 1.95. The van der Waals surface area contributed by atoms with Crippen molar-refractivity contribution in [2.75, 3.05) is 13.7 Å². The first-order chi connectivity index (χ1) is 14.4. The number of halogens is 1. The molecule has 0 saturated carbocycles. The van der Waals surface area contributed by atoms with Crippen molar-refractivity contribution in [3.05, 3.63) is 58.6 Å². The molecule has 2 unspecified atom stereocenters. The quantitative estimate of drug-likeness (QED) is 0.721. The predicted octanol–water partition coefficient (Wildman–Crippen LogP) is 4.02. The smallest absolute Gasteiger partial charge is 0.409 e. The minimum atomic E-state index is -0.438. The summed E-state index contributed by atoms with van der Waals surface area (Å²) in [5.41, 5.74) is 1.92. The van der Waals surface area contributed by atoms with Crippen molar-refractivity contribution in [2.24, 2.45) is 0 Å². The summed E-state index contributed by atoms with van der Waals surface area (Å²) in [6.45, 7) is 0.394. The molecule has 0 aliphatic carbocycles. The fourth-order valence-corrected chi connectivity index (χ4v) is 4.42. The van der Waals surface area contributed by atoms with Crippen molar-refractivity contribution in [3.8, 4) is 11.5 Å². The standard InChI is InChI=1S/C21H19ClN2O5S/c1-24-14(11-28-21(24)27)8-12-2-5-15(6-3-12)29-17-7-4-13(9-16(17)22)10-18-19(25)23-20(26)30-18/h2-7,9,14,18H,8,10-11H2,1H3,(H,23,25,26). The van der Waals surface area contributed by atoms with Gasteiger partial charge in [0.15, 0.2) is 0 Å². The van der Waals surface area contributed by atoms with Gasteiger partial charge in [-0.15, -0.1) is 0 Å². The van der Waals surface area contributed by atoms with Gasteiger partial charge in [-0.1, -0.05) is 41.6 Å². The first-order valence-corrected chi connectivity index (χ1v) is 10.6. The Hall–Kier alpha value is -2.71. The molecular formula is C21H19ClN2O5S. The molecule has 2 atom stereocenters. The maximum atomic E-state index is 11.7. The van der Waals surface area contributed by atoms with Crippen LogP contribution in [0.2, 0.25) is 5.02 Å². The van der Waals surface area contributed by atoms with Crippen LogP contribution in [-0.4, -0.2) is 47.1 Å². The number of rotatable bonds is 6. The van der Waals surface area contributed by atoms with Gasteiger partial charge >= 0.3 is 6.09 Å². The first-order valence-electron chi connectivity index (χ1n) is 9.35. The highest BCUT2D eigenvalue weighted by atomic mass is 35.5. The molecule has 2 aromatic rings. The van der Waals surface area contributed by atoms with E-state index < -0.39 is 5.25 Å². The molecule has 2 fully saturated rings. The number of amides is 3. The molecule has 1 N–H and O–H groups in total. The molecule has 2 heterocycles. The lowest BCUT2D eigenvalue weighted by Gasteiger charge is -2.16. The Morgan fingerprint density at radius 1 is 1.13 bits per heavy atom. The third-order valence-electron chi connectivity index (χ3n) is 5.04. The second-order valence-corrected chi connectivity index (χ2v) is 8.73. The molecule has 156 valence electrons. The molecule has 2 saturated heterocycles. The highest BCUT2D eigenvalue weighted by Crippen LogP contribution is 2.32. The van der Waals surface area contributed by atoms with E-state index in [1.807, 2.05) is 30.3 Å². The van der Waals surface area contributed by atoms with Gasteiger partial charge in [-0.2, -0.15) is 0 Å². The van der Waals surface area contributed by atoms with Crippen LogP contribution in [0.1, 0.15) is 11.1 Å². The second-order valence-electron chi connectivity index (χ2n) is 7.14. The average Bonchev–Trinajstić information content (AvgIpc) is 3.20. The average molecular weight is 447 g/mol. The zero-order valence-electron chi connectivity index (χ0n) is 16.1. The van der Waals surface area contributed by atoms with E-state index in [2.05, 4.69) is 5.32 Å². The van der Waals surface area contributed by atoms with Crippen LogP contribution in [0.15, 0.2) is 42.5 Å². The number of likely N-dealkylation sites (N-methyl/N-ethyl adjacent to an activating group) is 1. The zero-order chi connectivity index (χ0) is 21.3. The van der Waals surface area contributed by atoms with Crippen molar-refractivity contribution in [2.45, 2.75) is 24.1 Å². The van der Waals surface area contributed by atoms with E-state index >= 15 is 0 Å². The number of carbonyl (C=O) groups excluding carboxylic acids is 3. The molecule has 3 amide bonds. The Labute approximate surface area is 182 Å². The third kappa shape index (κ3) is 4.55. The molecule has 2 aliphatic heterocycles. The van der Waals surface area contributed by atoms with Crippen LogP contribution in [0.4, 0.5) is 9.59 Å². The SMILES string of the molecule is CN1C(=O)OCC1Cc1ccc(Oc2ccc(CC3SC(=O)NC3=O)cc2Cl)cc1. The first kappa shape index (κ1) is 20.6. The van der Waals surface area contributed by atoms with E-state index in [4.69, 9.17) is 21.1 Å². The normalized spacial score (nSPS) is 21.0. The number of hydrogen-bond donors (Lipinski definition) is 1. The van der Waals surface area contributed by atoms with E-state index in [0.717, 1.165) is 22.9 Å². The Morgan fingerprint density at radius 2 is 1.87 bits per heavy atom. The van der Waals surface area contributed by atoms with Crippen LogP contribution in [0.3, 0.4) is 0 Å². The minimum absolute atomic E-state index is 0.0293. The monoisotopic (exact) mass is 446 g/mol. The molecule has 0 bridgehead atoms. The lowest BCUT2D eigenvalue weighted by atomic mass is 10.1. The summed E-state index contributed by atoms with van der Waals surface area (Å²) >= 11 is 7.34. The van der Waals surface area contributed by atoms with E-state index in [9.17, 15) is 14.4 Å². The Balaban J connectivity index is 1.37. The molecule has 2 aliphatic rings. The van der Waals surface area contributed by atoms with Crippen LogP contribution in [-0.2, 0) is 22.4 Å². The summed E-state index contributed by atoms with van der Waals surface area (Å²) in [7, 11) is 1.73. The number of cyclic esters (lactones) is 1. The summed E-state index contributed by atoms with van der Waals surface area (Å²) in [5.74, 6) is 0.861. The highest BCUT2D eigenvalue weighted by molar-refractivity contribution is 8.15. The molecule has 7 nitrogen and oxygen atoms in total. The van der Waals surface area contributed by atoms with E-state index in [1.165, 1.54) is 0 Å². The number of thioether (sulfide) groups is 1.